The molecule has 1 aromatic heterocycles. The van der Waals surface area contributed by atoms with Gasteiger partial charge in [0.25, 0.3) is 0 Å². The molecule has 0 atom stereocenters. The lowest BCUT2D eigenvalue weighted by molar-refractivity contribution is -0.121. The maximum absolute atomic E-state index is 12.2. The third-order valence-electron chi connectivity index (χ3n) is 4.75. The molecule has 1 saturated heterocycles. The van der Waals surface area contributed by atoms with Crippen molar-refractivity contribution in [3.05, 3.63) is 48.0 Å². The Bertz CT molecular complexity index is 705. The van der Waals surface area contributed by atoms with E-state index in [1.807, 2.05) is 23.7 Å². The van der Waals surface area contributed by atoms with Crippen LogP contribution < -0.4 is 10.1 Å². The van der Waals surface area contributed by atoms with Gasteiger partial charge in [-0.05, 0) is 30.5 Å². The number of nitrogens with zero attached hydrogens (tertiary/aromatic N) is 3. The van der Waals surface area contributed by atoms with Crippen LogP contribution in [-0.4, -0.2) is 46.6 Å². The van der Waals surface area contributed by atoms with Crippen LogP contribution in [0.25, 0.3) is 0 Å². The predicted molar refractivity (Wildman–Crippen MR) is 96.3 cm³/mol. The molecule has 0 unspecified atom stereocenters. The van der Waals surface area contributed by atoms with Crippen LogP contribution in [0.2, 0.25) is 0 Å². The smallest absolute Gasteiger partial charge is 0.226 e. The molecule has 25 heavy (non-hydrogen) atoms. The molecule has 6 heteroatoms. The summed E-state index contributed by atoms with van der Waals surface area (Å²) in [7, 11) is 3.60. The lowest BCUT2D eigenvalue weighted by Gasteiger charge is -2.32. The summed E-state index contributed by atoms with van der Waals surface area (Å²) >= 11 is 0. The van der Waals surface area contributed by atoms with Crippen molar-refractivity contribution < 1.29 is 9.53 Å². The van der Waals surface area contributed by atoms with Crippen molar-refractivity contribution in [3.63, 3.8) is 0 Å². The van der Waals surface area contributed by atoms with E-state index in [4.69, 9.17) is 4.74 Å². The Hall–Kier alpha value is -2.34. The zero-order valence-corrected chi connectivity index (χ0v) is 14.9. The summed E-state index contributed by atoms with van der Waals surface area (Å²) in [5.41, 5.74) is 2.20. The number of aromatic nitrogens is 2. The van der Waals surface area contributed by atoms with Gasteiger partial charge in [0.15, 0.2) is 0 Å². The van der Waals surface area contributed by atoms with Crippen LogP contribution in [0.3, 0.4) is 0 Å². The summed E-state index contributed by atoms with van der Waals surface area (Å²) in [5.74, 6) is 0.977. The Labute approximate surface area is 148 Å². The number of imidazole rings is 1. The Morgan fingerprint density at radius 3 is 2.84 bits per heavy atom. The Morgan fingerprint density at radius 2 is 2.16 bits per heavy atom. The monoisotopic (exact) mass is 342 g/mol. The molecule has 1 amide bonds. The molecule has 0 aliphatic carbocycles. The maximum atomic E-state index is 12.2. The molecular formula is C19H26N4O2. The molecule has 2 heterocycles. The summed E-state index contributed by atoms with van der Waals surface area (Å²) in [6.07, 6.45) is 5.83. The van der Waals surface area contributed by atoms with Crippen molar-refractivity contribution in [2.75, 3.05) is 20.2 Å². The van der Waals surface area contributed by atoms with E-state index < -0.39 is 0 Å². The minimum Gasteiger partial charge on any atom is -0.497 e. The zero-order chi connectivity index (χ0) is 17.6. The van der Waals surface area contributed by atoms with E-state index in [0.29, 0.717) is 6.42 Å². The Kier molecular flexibility index (Phi) is 5.71. The van der Waals surface area contributed by atoms with Gasteiger partial charge in [0.1, 0.15) is 5.75 Å². The third kappa shape index (κ3) is 4.82. The average molecular weight is 342 g/mol. The molecule has 6 nitrogen and oxygen atoms in total. The van der Waals surface area contributed by atoms with Crippen molar-refractivity contribution in [2.24, 2.45) is 7.05 Å². The number of piperidine rings is 1. The molecule has 2 aromatic rings. The molecule has 1 aromatic carbocycles. The van der Waals surface area contributed by atoms with Crippen molar-refractivity contribution in [1.82, 2.24) is 19.8 Å². The summed E-state index contributed by atoms with van der Waals surface area (Å²) in [5, 5.41) is 3.16. The standard InChI is InChI=1S/C19H26N4O2/c1-22-14-20-12-17(22)11-19(24)21-16-6-8-23(9-7-16)13-15-4-3-5-18(10-15)25-2/h3-5,10,12,14,16H,6-9,11,13H2,1-2H3,(H,21,24). The van der Waals surface area contributed by atoms with Gasteiger partial charge in [0, 0.05) is 44.6 Å². The number of hydrogen-bond acceptors (Lipinski definition) is 4. The van der Waals surface area contributed by atoms with E-state index in [2.05, 4.69) is 27.3 Å². The topological polar surface area (TPSA) is 59.4 Å². The number of methoxy groups -OCH3 is 1. The molecule has 134 valence electrons. The number of benzene rings is 1. The fraction of sp³-hybridized carbons (Fsp3) is 0.474. The highest BCUT2D eigenvalue weighted by Crippen LogP contribution is 2.17. The van der Waals surface area contributed by atoms with E-state index >= 15 is 0 Å². The average Bonchev–Trinajstić information content (AvgIpc) is 3.01. The number of aryl methyl sites for hydroxylation is 1. The first-order valence-electron chi connectivity index (χ1n) is 8.74. The fourth-order valence-corrected chi connectivity index (χ4v) is 3.26. The van der Waals surface area contributed by atoms with Gasteiger partial charge in [0.05, 0.1) is 19.9 Å². The highest BCUT2D eigenvalue weighted by Gasteiger charge is 2.21. The molecule has 0 bridgehead atoms. The number of likely N-dealkylation sites (tertiary alicyclic amines) is 1. The molecule has 1 aliphatic heterocycles. The van der Waals surface area contributed by atoms with Crippen LogP contribution in [0.1, 0.15) is 24.1 Å². The van der Waals surface area contributed by atoms with Crippen LogP contribution in [-0.2, 0) is 24.8 Å². The molecule has 0 radical (unpaired) electrons. The summed E-state index contributed by atoms with van der Waals surface area (Å²) < 4.78 is 7.17. The second-order valence-electron chi connectivity index (χ2n) is 6.64. The van der Waals surface area contributed by atoms with Crippen LogP contribution >= 0.6 is 0 Å². The van der Waals surface area contributed by atoms with E-state index in [0.717, 1.165) is 43.9 Å². The predicted octanol–water partition coefficient (Wildman–Crippen LogP) is 1.75. The zero-order valence-electron chi connectivity index (χ0n) is 14.9. The van der Waals surface area contributed by atoms with Crippen LogP contribution in [0.5, 0.6) is 5.75 Å². The van der Waals surface area contributed by atoms with Crippen molar-refractivity contribution in [1.29, 1.82) is 0 Å². The molecule has 1 fully saturated rings. The van der Waals surface area contributed by atoms with Gasteiger partial charge in [-0.2, -0.15) is 0 Å². The second-order valence-corrected chi connectivity index (χ2v) is 6.64. The van der Waals surface area contributed by atoms with Gasteiger partial charge < -0.3 is 14.6 Å². The van der Waals surface area contributed by atoms with Gasteiger partial charge >= 0.3 is 0 Å². The number of amides is 1. The highest BCUT2D eigenvalue weighted by molar-refractivity contribution is 5.78. The lowest BCUT2D eigenvalue weighted by Crippen LogP contribution is -2.44. The highest BCUT2D eigenvalue weighted by atomic mass is 16.5. The van der Waals surface area contributed by atoms with Gasteiger partial charge in [-0.15, -0.1) is 0 Å². The largest absolute Gasteiger partial charge is 0.497 e. The Morgan fingerprint density at radius 1 is 1.36 bits per heavy atom. The Balaban J connectivity index is 1.43. The first-order valence-corrected chi connectivity index (χ1v) is 8.74. The number of carbonyl (C=O) groups excluding carboxylic acids is 1. The van der Waals surface area contributed by atoms with Gasteiger partial charge in [-0.25, -0.2) is 4.98 Å². The van der Waals surface area contributed by atoms with Crippen molar-refractivity contribution >= 4 is 5.91 Å². The SMILES string of the molecule is COc1cccc(CN2CCC(NC(=O)Cc3cncn3C)CC2)c1. The minimum atomic E-state index is 0.0786. The van der Waals surface area contributed by atoms with Crippen LogP contribution in [0, 0.1) is 0 Å². The molecule has 1 aliphatic rings. The van der Waals surface area contributed by atoms with E-state index in [9.17, 15) is 4.79 Å². The van der Waals surface area contributed by atoms with E-state index in [1.165, 1.54) is 5.56 Å². The molecule has 3 rings (SSSR count). The minimum absolute atomic E-state index is 0.0786. The number of carbonyl (C=O) groups is 1. The van der Waals surface area contributed by atoms with Crippen molar-refractivity contribution in [2.45, 2.75) is 31.8 Å². The number of nitrogens with one attached hydrogen (secondary N) is 1. The van der Waals surface area contributed by atoms with Gasteiger partial charge in [-0.3, -0.25) is 9.69 Å². The lowest BCUT2D eigenvalue weighted by atomic mass is 10.0. The normalized spacial score (nSPS) is 15.9. The van der Waals surface area contributed by atoms with Crippen LogP contribution in [0.15, 0.2) is 36.8 Å². The second kappa shape index (κ2) is 8.16. The number of hydrogen-bond donors (Lipinski definition) is 1. The fourth-order valence-electron chi connectivity index (χ4n) is 3.26. The number of ether oxygens (including phenoxy) is 1. The van der Waals surface area contributed by atoms with Crippen molar-refractivity contribution in [3.8, 4) is 5.75 Å². The third-order valence-corrected chi connectivity index (χ3v) is 4.75. The van der Waals surface area contributed by atoms with E-state index in [1.54, 1.807) is 19.6 Å². The number of rotatable bonds is 6. The summed E-state index contributed by atoms with van der Waals surface area (Å²) in [6.45, 7) is 2.91. The van der Waals surface area contributed by atoms with Crippen LogP contribution in [0.4, 0.5) is 0 Å². The van der Waals surface area contributed by atoms with Gasteiger partial charge in [-0.1, -0.05) is 12.1 Å². The quantitative estimate of drug-likeness (QED) is 0.869. The van der Waals surface area contributed by atoms with E-state index in [-0.39, 0.29) is 11.9 Å². The molecule has 0 saturated carbocycles. The maximum Gasteiger partial charge on any atom is 0.226 e. The molecule has 1 N–H and O–H groups in total. The molecule has 0 spiro atoms. The van der Waals surface area contributed by atoms with Gasteiger partial charge in [0.2, 0.25) is 5.91 Å². The summed E-state index contributed by atoms with van der Waals surface area (Å²) in [4.78, 5) is 18.7. The molecular weight excluding hydrogens is 316 g/mol. The summed E-state index contributed by atoms with van der Waals surface area (Å²) in [6, 6.07) is 8.47. The first-order chi connectivity index (χ1) is 12.1. The first kappa shape index (κ1) is 17.5.